The summed E-state index contributed by atoms with van der Waals surface area (Å²) in [6, 6.07) is 2.03. The molecule has 0 amide bonds. The van der Waals surface area contributed by atoms with Gasteiger partial charge >= 0.3 is 0 Å². The van der Waals surface area contributed by atoms with Crippen LogP contribution in [0, 0.1) is 0 Å². The van der Waals surface area contributed by atoms with E-state index in [0.29, 0.717) is 25.7 Å². The molecule has 0 bridgehead atoms. The zero-order valence-electron chi connectivity index (χ0n) is 10.7. The molecule has 1 aliphatic heterocycles. The van der Waals surface area contributed by atoms with Crippen LogP contribution in [0.25, 0.3) is 6.08 Å². The molecule has 1 aliphatic rings. The molecule has 4 heteroatoms. The lowest BCUT2D eigenvalue weighted by Gasteiger charge is -2.24. The maximum atomic E-state index is 5.68. The van der Waals surface area contributed by atoms with E-state index in [4.69, 9.17) is 15.2 Å². The first-order valence-electron chi connectivity index (χ1n) is 6.13. The van der Waals surface area contributed by atoms with E-state index in [2.05, 4.69) is 29.8 Å². The first-order valence-corrected chi connectivity index (χ1v) is 6.93. The molecule has 0 aromatic heterocycles. The summed E-state index contributed by atoms with van der Waals surface area (Å²) in [6.07, 6.45) is 3.99. The lowest BCUT2D eigenvalue weighted by Crippen LogP contribution is -2.16. The van der Waals surface area contributed by atoms with Gasteiger partial charge in [-0.2, -0.15) is 0 Å². The highest BCUT2D eigenvalue weighted by atomic mass is 79.9. The molecule has 1 aromatic carbocycles. The Hall–Kier alpha value is -1.00. The molecule has 2 N–H and O–H groups in total. The van der Waals surface area contributed by atoms with Crippen LogP contribution in [-0.2, 0) is 0 Å². The summed E-state index contributed by atoms with van der Waals surface area (Å²) in [5.41, 5.74) is 7.88. The van der Waals surface area contributed by atoms with Crippen molar-refractivity contribution in [1.29, 1.82) is 0 Å². The first kappa shape index (κ1) is 13.4. The Labute approximate surface area is 116 Å². The van der Waals surface area contributed by atoms with Crippen LogP contribution < -0.4 is 15.2 Å². The summed E-state index contributed by atoms with van der Waals surface area (Å²) >= 11 is 3.64. The summed E-state index contributed by atoms with van der Waals surface area (Å²) in [5.74, 6) is 2.01. The van der Waals surface area contributed by atoms with Crippen molar-refractivity contribution in [3.05, 3.63) is 27.7 Å². The standard InChI is InChI=1S/C14H18BrNO2/c1-9(2)12-10(4-3-5-16)8-11-14(13(12)15)18-7-6-17-11/h3-4,8-9H,5-7,16H2,1-2H3/b4-3+. The van der Waals surface area contributed by atoms with Crippen LogP contribution in [0.5, 0.6) is 11.5 Å². The van der Waals surface area contributed by atoms with E-state index < -0.39 is 0 Å². The quantitative estimate of drug-likeness (QED) is 0.931. The minimum absolute atomic E-state index is 0.396. The lowest BCUT2D eigenvalue weighted by molar-refractivity contribution is 0.170. The van der Waals surface area contributed by atoms with Crippen LogP contribution in [0.4, 0.5) is 0 Å². The zero-order valence-corrected chi connectivity index (χ0v) is 12.3. The van der Waals surface area contributed by atoms with E-state index in [0.717, 1.165) is 21.5 Å². The van der Waals surface area contributed by atoms with Gasteiger partial charge in [0.1, 0.15) is 13.2 Å². The largest absolute Gasteiger partial charge is 0.486 e. The highest BCUT2D eigenvalue weighted by molar-refractivity contribution is 9.10. The minimum atomic E-state index is 0.396. The van der Waals surface area contributed by atoms with Crippen molar-refractivity contribution in [2.75, 3.05) is 19.8 Å². The highest BCUT2D eigenvalue weighted by Gasteiger charge is 2.21. The van der Waals surface area contributed by atoms with Gasteiger partial charge in [-0.25, -0.2) is 0 Å². The number of fused-ring (bicyclic) bond motifs is 1. The molecule has 0 aliphatic carbocycles. The Kier molecular flexibility index (Phi) is 4.30. The van der Waals surface area contributed by atoms with Gasteiger partial charge in [-0.1, -0.05) is 26.0 Å². The highest BCUT2D eigenvalue weighted by Crippen LogP contribution is 2.44. The third kappa shape index (κ3) is 2.54. The van der Waals surface area contributed by atoms with Crippen LogP contribution in [0.2, 0.25) is 0 Å². The second kappa shape index (κ2) is 5.76. The van der Waals surface area contributed by atoms with Gasteiger partial charge in [0.15, 0.2) is 11.5 Å². The lowest BCUT2D eigenvalue weighted by atomic mass is 9.96. The van der Waals surface area contributed by atoms with Gasteiger partial charge in [0, 0.05) is 6.54 Å². The number of halogens is 1. The number of hydrogen-bond donors (Lipinski definition) is 1. The monoisotopic (exact) mass is 311 g/mol. The average molecular weight is 312 g/mol. The summed E-state index contributed by atoms with van der Waals surface area (Å²) in [4.78, 5) is 0. The van der Waals surface area contributed by atoms with E-state index in [-0.39, 0.29) is 0 Å². The molecule has 98 valence electrons. The number of rotatable bonds is 3. The Morgan fingerprint density at radius 2 is 2.11 bits per heavy atom. The molecule has 2 rings (SSSR count). The molecule has 1 heterocycles. The Balaban J connectivity index is 2.57. The first-order chi connectivity index (χ1) is 8.65. The maximum absolute atomic E-state index is 5.68. The molecule has 0 spiro atoms. The van der Waals surface area contributed by atoms with Crippen molar-refractivity contribution in [2.45, 2.75) is 19.8 Å². The van der Waals surface area contributed by atoms with Gasteiger partial charge in [-0.3, -0.25) is 0 Å². The van der Waals surface area contributed by atoms with E-state index in [9.17, 15) is 0 Å². The third-order valence-electron chi connectivity index (χ3n) is 2.86. The smallest absolute Gasteiger partial charge is 0.175 e. The molecular weight excluding hydrogens is 294 g/mol. The molecule has 0 atom stereocenters. The second-order valence-corrected chi connectivity index (χ2v) is 5.30. The summed E-state index contributed by atoms with van der Waals surface area (Å²) < 4.78 is 12.3. The number of ether oxygens (including phenoxy) is 2. The van der Waals surface area contributed by atoms with Gasteiger partial charge in [-0.05, 0) is 39.0 Å². The number of benzene rings is 1. The van der Waals surface area contributed by atoms with Crippen molar-refractivity contribution in [3.63, 3.8) is 0 Å². The van der Waals surface area contributed by atoms with Gasteiger partial charge < -0.3 is 15.2 Å². The van der Waals surface area contributed by atoms with E-state index in [1.165, 1.54) is 5.56 Å². The predicted octanol–water partition coefficient (Wildman–Crippen LogP) is 3.32. The Morgan fingerprint density at radius 1 is 1.39 bits per heavy atom. The molecule has 0 radical (unpaired) electrons. The van der Waals surface area contributed by atoms with E-state index >= 15 is 0 Å². The fourth-order valence-corrected chi connectivity index (χ4v) is 3.10. The summed E-state index contributed by atoms with van der Waals surface area (Å²) in [5, 5.41) is 0. The fourth-order valence-electron chi connectivity index (χ4n) is 2.10. The van der Waals surface area contributed by atoms with Crippen LogP contribution in [0.3, 0.4) is 0 Å². The molecular formula is C14H18BrNO2. The molecule has 0 fully saturated rings. The summed E-state index contributed by atoms with van der Waals surface area (Å²) in [7, 11) is 0. The van der Waals surface area contributed by atoms with Gasteiger partial charge in [0.2, 0.25) is 0 Å². The van der Waals surface area contributed by atoms with Gasteiger partial charge in [0.05, 0.1) is 4.47 Å². The summed E-state index contributed by atoms with van der Waals surface area (Å²) in [6.45, 7) is 6.05. The van der Waals surface area contributed by atoms with Crippen molar-refractivity contribution in [1.82, 2.24) is 0 Å². The maximum Gasteiger partial charge on any atom is 0.175 e. The minimum Gasteiger partial charge on any atom is -0.486 e. The topological polar surface area (TPSA) is 44.5 Å². The number of hydrogen-bond acceptors (Lipinski definition) is 3. The third-order valence-corrected chi connectivity index (χ3v) is 3.64. The molecule has 0 saturated heterocycles. The van der Waals surface area contributed by atoms with Crippen molar-refractivity contribution in [2.24, 2.45) is 5.73 Å². The van der Waals surface area contributed by atoms with Crippen LogP contribution in [0.1, 0.15) is 30.9 Å². The van der Waals surface area contributed by atoms with Crippen molar-refractivity contribution < 1.29 is 9.47 Å². The average Bonchev–Trinajstić information content (AvgIpc) is 2.36. The zero-order chi connectivity index (χ0) is 13.1. The predicted molar refractivity (Wildman–Crippen MR) is 77.3 cm³/mol. The van der Waals surface area contributed by atoms with Crippen LogP contribution in [-0.4, -0.2) is 19.8 Å². The van der Waals surface area contributed by atoms with Gasteiger partial charge in [-0.15, -0.1) is 0 Å². The normalized spacial score (nSPS) is 14.5. The molecule has 0 saturated carbocycles. The Morgan fingerprint density at radius 3 is 2.78 bits per heavy atom. The fraction of sp³-hybridized carbons (Fsp3) is 0.429. The second-order valence-electron chi connectivity index (χ2n) is 4.51. The molecule has 0 unspecified atom stereocenters. The molecule has 1 aromatic rings. The molecule has 3 nitrogen and oxygen atoms in total. The van der Waals surface area contributed by atoms with E-state index in [1.54, 1.807) is 0 Å². The van der Waals surface area contributed by atoms with Crippen LogP contribution >= 0.6 is 15.9 Å². The Bertz CT molecular complexity index is 469. The van der Waals surface area contributed by atoms with E-state index in [1.807, 2.05) is 18.2 Å². The van der Waals surface area contributed by atoms with Gasteiger partial charge in [0.25, 0.3) is 0 Å². The van der Waals surface area contributed by atoms with Crippen LogP contribution in [0.15, 0.2) is 16.6 Å². The number of nitrogens with two attached hydrogens (primary N) is 1. The molecule has 18 heavy (non-hydrogen) atoms. The van der Waals surface area contributed by atoms with Crippen molar-refractivity contribution in [3.8, 4) is 11.5 Å². The SMILES string of the molecule is CC(C)c1c(/C=C/CN)cc2c(c1Br)OCCO2. The van der Waals surface area contributed by atoms with Crippen molar-refractivity contribution >= 4 is 22.0 Å².